The van der Waals surface area contributed by atoms with Crippen LogP contribution in [-0.2, 0) is 0 Å². The quantitative estimate of drug-likeness (QED) is 0.711. The third-order valence-electron chi connectivity index (χ3n) is 3.31. The van der Waals surface area contributed by atoms with Crippen LogP contribution in [0.2, 0.25) is 0 Å². The molecule has 0 aliphatic heterocycles. The number of nitrogens with zero attached hydrogens (tertiary/aromatic N) is 1. The molecule has 1 unspecified atom stereocenters. The van der Waals surface area contributed by atoms with Crippen molar-refractivity contribution in [2.24, 2.45) is 5.73 Å². The van der Waals surface area contributed by atoms with Crippen molar-refractivity contribution in [2.75, 3.05) is 26.0 Å². The summed E-state index contributed by atoms with van der Waals surface area (Å²) in [5.74, 6) is -0.174. The molecule has 0 aliphatic rings. The molecule has 1 aromatic carbocycles. The third kappa shape index (κ3) is 7.34. The van der Waals surface area contributed by atoms with E-state index >= 15 is 0 Å². The summed E-state index contributed by atoms with van der Waals surface area (Å²) in [4.78, 5) is 25.3. The molecule has 0 saturated carbocycles. The Morgan fingerprint density at radius 3 is 2.57 bits per heavy atom. The molecule has 0 aliphatic carbocycles. The van der Waals surface area contributed by atoms with Crippen molar-refractivity contribution in [3.63, 3.8) is 0 Å². The number of benzene rings is 1. The van der Waals surface area contributed by atoms with Gasteiger partial charge in [0.05, 0.1) is 0 Å². The third-order valence-corrected chi connectivity index (χ3v) is 3.31. The molecule has 0 spiro atoms. The summed E-state index contributed by atoms with van der Waals surface area (Å²) >= 11 is 0. The second-order valence-corrected chi connectivity index (χ2v) is 5.45. The lowest BCUT2D eigenvalue weighted by Gasteiger charge is -2.17. The van der Waals surface area contributed by atoms with Gasteiger partial charge in [-0.25, -0.2) is 4.79 Å². The second-order valence-electron chi connectivity index (χ2n) is 5.45. The Kier molecular flexibility index (Phi) is 10.0. The Hall–Kier alpha value is -1.79. The molecule has 1 aromatic rings. The van der Waals surface area contributed by atoms with Gasteiger partial charge in [0.2, 0.25) is 0 Å². The molecule has 0 aromatic heterocycles. The minimum atomic E-state index is -0.236. The van der Waals surface area contributed by atoms with Gasteiger partial charge in [0.25, 0.3) is 5.91 Å². The van der Waals surface area contributed by atoms with Crippen molar-refractivity contribution in [2.45, 2.75) is 32.2 Å². The number of unbranched alkanes of at least 4 members (excludes halogenated alkanes) is 1. The highest BCUT2D eigenvalue weighted by molar-refractivity contribution is 5.97. The van der Waals surface area contributed by atoms with Gasteiger partial charge >= 0.3 is 6.03 Å². The van der Waals surface area contributed by atoms with E-state index in [2.05, 4.69) is 17.6 Å². The lowest BCUT2D eigenvalue weighted by molar-refractivity contribution is 0.0935. The van der Waals surface area contributed by atoms with Gasteiger partial charge in [0.15, 0.2) is 0 Å². The fraction of sp³-hybridized carbons (Fsp3) is 0.500. The average Bonchev–Trinajstić information content (AvgIpc) is 2.51. The van der Waals surface area contributed by atoms with Crippen LogP contribution in [0.25, 0.3) is 0 Å². The van der Waals surface area contributed by atoms with Crippen LogP contribution in [-0.4, -0.2) is 43.5 Å². The van der Waals surface area contributed by atoms with Crippen LogP contribution in [0.4, 0.5) is 10.5 Å². The summed E-state index contributed by atoms with van der Waals surface area (Å²) in [5.41, 5.74) is 6.79. The number of anilines is 1. The monoisotopic (exact) mass is 342 g/mol. The molecule has 0 saturated heterocycles. The highest BCUT2D eigenvalue weighted by Gasteiger charge is 2.13. The number of nitrogens with one attached hydrogen (secondary N) is 2. The summed E-state index contributed by atoms with van der Waals surface area (Å²) in [6.45, 7) is 2.52. The first-order valence-corrected chi connectivity index (χ1v) is 7.57. The van der Waals surface area contributed by atoms with Crippen molar-refractivity contribution in [3.05, 3.63) is 29.8 Å². The van der Waals surface area contributed by atoms with E-state index in [0.717, 1.165) is 19.3 Å². The lowest BCUT2D eigenvalue weighted by atomic mass is 10.1. The fourth-order valence-electron chi connectivity index (χ4n) is 1.94. The summed E-state index contributed by atoms with van der Waals surface area (Å²) < 4.78 is 0. The molecule has 0 heterocycles. The number of carbonyl (C=O) groups excluding carboxylic acids is 2. The minimum Gasteiger partial charge on any atom is -0.348 e. The van der Waals surface area contributed by atoms with Crippen LogP contribution in [0.5, 0.6) is 0 Å². The fourth-order valence-corrected chi connectivity index (χ4v) is 1.94. The first kappa shape index (κ1) is 21.2. The SMILES string of the molecule is CCCCC(CN)NC(=O)c1cccc(NC(=O)N(C)C)c1.Cl. The van der Waals surface area contributed by atoms with Gasteiger partial charge in [-0.15, -0.1) is 12.4 Å². The van der Waals surface area contributed by atoms with Crippen LogP contribution >= 0.6 is 12.4 Å². The van der Waals surface area contributed by atoms with Gasteiger partial charge in [-0.3, -0.25) is 4.79 Å². The topological polar surface area (TPSA) is 87.5 Å². The molecule has 1 atom stereocenters. The molecular weight excluding hydrogens is 316 g/mol. The number of hydrogen-bond acceptors (Lipinski definition) is 3. The normalized spacial score (nSPS) is 11.1. The number of nitrogens with two attached hydrogens (primary N) is 1. The van der Waals surface area contributed by atoms with Gasteiger partial charge in [-0.2, -0.15) is 0 Å². The predicted octanol–water partition coefficient (Wildman–Crippen LogP) is 2.45. The number of carbonyl (C=O) groups is 2. The number of amides is 3. The van der Waals surface area contributed by atoms with Crippen LogP contribution in [0.1, 0.15) is 36.5 Å². The maximum Gasteiger partial charge on any atom is 0.321 e. The number of rotatable bonds is 7. The van der Waals surface area contributed by atoms with E-state index in [0.29, 0.717) is 17.8 Å². The van der Waals surface area contributed by atoms with Crippen LogP contribution in [0, 0.1) is 0 Å². The van der Waals surface area contributed by atoms with E-state index in [1.54, 1.807) is 38.4 Å². The Bertz CT molecular complexity index is 509. The number of urea groups is 1. The van der Waals surface area contributed by atoms with Crippen molar-refractivity contribution < 1.29 is 9.59 Å². The van der Waals surface area contributed by atoms with Crippen LogP contribution in [0.15, 0.2) is 24.3 Å². The highest BCUT2D eigenvalue weighted by atomic mass is 35.5. The molecule has 0 radical (unpaired) electrons. The molecule has 4 N–H and O–H groups in total. The van der Waals surface area contributed by atoms with Crippen molar-refractivity contribution >= 4 is 30.0 Å². The van der Waals surface area contributed by atoms with Crippen LogP contribution < -0.4 is 16.4 Å². The van der Waals surface area contributed by atoms with E-state index in [9.17, 15) is 9.59 Å². The molecular formula is C16H27ClN4O2. The summed E-state index contributed by atoms with van der Waals surface area (Å²) in [6, 6.07) is 6.60. The van der Waals surface area contributed by atoms with Crippen LogP contribution in [0.3, 0.4) is 0 Å². The molecule has 0 bridgehead atoms. The molecule has 6 nitrogen and oxygen atoms in total. The maximum atomic E-state index is 12.3. The molecule has 0 fully saturated rings. The van der Waals surface area contributed by atoms with Gasteiger partial charge in [-0.05, 0) is 24.6 Å². The summed E-state index contributed by atoms with van der Waals surface area (Å²) in [5, 5.41) is 5.65. The van der Waals surface area contributed by atoms with E-state index in [-0.39, 0.29) is 30.4 Å². The zero-order chi connectivity index (χ0) is 16.5. The molecule has 3 amide bonds. The molecule has 23 heavy (non-hydrogen) atoms. The first-order valence-electron chi connectivity index (χ1n) is 7.57. The zero-order valence-electron chi connectivity index (χ0n) is 14.0. The van der Waals surface area contributed by atoms with Gasteiger partial charge in [0, 0.05) is 37.9 Å². The Labute approximate surface area is 144 Å². The molecule has 130 valence electrons. The Morgan fingerprint density at radius 2 is 2.00 bits per heavy atom. The minimum absolute atomic E-state index is 0. The Morgan fingerprint density at radius 1 is 1.30 bits per heavy atom. The summed E-state index contributed by atoms with van der Waals surface area (Å²) in [7, 11) is 3.32. The van der Waals surface area contributed by atoms with E-state index in [1.807, 2.05) is 0 Å². The standard InChI is InChI=1S/C16H26N4O2.ClH/c1-4-5-8-14(11-17)18-15(21)12-7-6-9-13(10-12)19-16(22)20(2)3;/h6-7,9-10,14H,4-5,8,11,17H2,1-3H3,(H,18,21)(H,19,22);1H. The zero-order valence-corrected chi connectivity index (χ0v) is 14.8. The number of hydrogen-bond donors (Lipinski definition) is 3. The number of halogens is 1. The molecule has 1 rings (SSSR count). The lowest BCUT2D eigenvalue weighted by Crippen LogP contribution is -2.40. The Balaban J connectivity index is 0.00000484. The summed E-state index contributed by atoms with van der Waals surface area (Å²) in [6.07, 6.45) is 2.97. The second kappa shape index (κ2) is 10.9. The van der Waals surface area contributed by atoms with Gasteiger partial charge < -0.3 is 21.3 Å². The van der Waals surface area contributed by atoms with Crippen molar-refractivity contribution in [1.29, 1.82) is 0 Å². The van der Waals surface area contributed by atoms with Gasteiger partial charge in [-0.1, -0.05) is 25.8 Å². The van der Waals surface area contributed by atoms with E-state index < -0.39 is 0 Å². The van der Waals surface area contributed by atoms with Crippen molar-refractivity contribution in [1.82, 2.24) is 10.2 Å². The predicted molar refractivity (Wildman–Crippen MR) is 96.2 cm³/mol. The van der Waals surface area contributed by atoms with E-state index in [1.165, 1.54) is 4.90 Å². The van der Waals surface area contributed by atoms with Crippen molar-refractivity contribution in [3.8, 4) is 0 Å². The first-order chi connectivity index (χ1) is 10.5. The smallest absolute Gasteiger partial charge is 0.321 e. The maximum absolute atomic E-state index is 12.3. The van der Waals surface area contributed by atoms with E-state index in [4.69, 9.17) is 5.73 Å². The molecule has 7 heteroatoms. The van der Waals surface area contributed by atoms with Gasteiger partial charge in [0.1, 0.15) is 0 Å². The average molecular weight is 343 g/mol. The largest absolute Gasteiger partial charge is 0.348 e. The highest BCUT2D eigenvalue weighted by Crippen LogP contribution is 2.12.